The quantitative estimate of drug-likeness (QED) is 0.849. The van der Waals surface area contributed by atoms with E-state index in [1.54, 1.807) is 14.2 Å². The van der Waals surface area contributed by atoms with Gasteiger partial charge in [0.1, 0.15) is 11.8 Å². The largest absolute Gasteiger partial charge is 0.497 e. The Morgan fingerprint density at radius 1 is 1.04 bits per heavy atom. The van der Waals surface area contributed by atoms with Crippen LogP contribution in [0, 0.1) is 0 Å². The lowest BCUT2D eigenvalue weighted by atomic mass is 9.94. The number of methoxy groups -OCH3 is 1. The molecule has 0 spiro atoms. The lowest BCUT2D eigenvalue weighted by Gasteiger charge is -2.22. The predicted molar refractivity (Wildman–Crippen MR) is 95.3 cm³/mol. The van der Waals surface area contributed by atoms with E-state index in [1.807, 2.05) is 54.6 Å². The van der Waals surface area contributed by atoms with Crippen molar-refractivity contribution in [3.63, 3.8) is 0 Å². The number of carbonyl (C=O) groups is 2. The van der Waals surface area contributed by atoms with Gasteiger partial charge < -0.3 is 15.4 Å². The van der Waals surface area contributed by atoms with Crippen LogP contribution in [0.1, 0.15) is 30.0 Å². The summed E-state index contributed by atoms with van der Waals surface area (Å²) in [7, 11) is 3.18. The molecule has 5 nitrogen and oxygen atoms in total. The normalized spacial score (nSPS) is 15.8. The zero-order chi connectivity index (χ0) is 17.9. The number of hydrogen-bond donors (Lipinski definition) is 2. The van der Waals surface area contributed by atoms with Gasteiger partial charge in [0.05, 0.1) is 12.5 Å². The minimum atomic E-state index is -0.700. The van der Waals surface area contributed by atoms with Crippen molar-refractivity contribution in [2.24, 2.45) is 0 Å². The van der Waals surface area contributed by atoms with Crippen molar-refractivity contribution >= 4 is 11.8 Å². The minimum Gasteiger partial charge on any atom is -0.497 e. The van der Waals surface area contributed by atoms with Crippen molar-refractivity contribution in [3.05, 3.63) is 65.7 Å². The average Bonchev–Trinajstić information content (AvgIpc) is 3.48. The first kappa shape index (κ1) is 17.0. The molecule has 0 unspecified atom stereocenters. The molecular weight excluding hydrogens is 316 g/mol. The molecule has 0 saturated heterocycles. The highest BCUT2D eigenvalue weighted by Gasteiger charge is 2.52. The van der Waals surface area contributed by atoms with E-state index in [1.165, 1.54) is 0 Å². The number of rotatable bonds is 6. The lowest BCUT2D eigenvalue weighted by Crippen LogP contribution is -2.43. The van der Waals surface area contributed by atoms with Crippen LogP contribution < -0.4 is 15.4 Å². The molecule has 0 aromatic heterocycles. The Morgan fingerprint density at radius 3 is 2.20 bits per heavy atom. The molecule has 0 heterocycles. The summed E-state index contributed by atoms with van der Waals surface area (Å²) >= 11 is 0. The van der Waals surface area contributed by atoms with Gasteiger partial charge in [0.2, 0.25) is 11.8 Å². The van der Waals surface area contributed by atoms with Crippen molar-refractivity contribution in [2.75, 3.05) is 14.2 Å². The van der Waals surface area contributed by atoms with Gasteiger partial charge in [-0.2, -0.15) is 0 Å². The summed E-state index contributed by atoms with van der Waals surface area (Å²) < 4.78 is 5.18. The highest BCUT2D eigenvalue weighted by molar-refractivity contribution is 5.95. The van der Waals surface area contributed by atoms with Crippen molar-refractivity contribution in [1.29, 1.82) is 0 Å². The highest BCUT2D eigenvalue weighted by atomic mass is 16.5. The van der Waals surface area contributed by atoms with E-state index in [4.69, 9.17) is 4.74 Å². The molecule has 1 fully saturated rings. The number of carbonyl (C=O) groups excluding carboxylic acids is 2. The molecule has 0 bridgehead atoms. The molecule has 2 N–H and O–H groups in total. The Kier molecular flexibility index (Phi) is 4.74. The summed E-state index contributed by atoms with van der Waals surface area (Å²) in [6.45, 7) is 0. The van der Waals surface area contributed by atoms with Gasteiger partial charge in [-0.05, 0) is 36.1 Å². The van der Waals surface area contributed by atoms with Crippen molar-refractivity contribution in [1.82, 2.24) is 10.6 Å². The van der Waals surface area contributed by atoms with Gasteiger partial charge in [-0.1, -0.05) is 42.5 Å². The van der Waals surface area contributed by atoms with Crippen LogP contribution in [-0.4, -0.2) is 26.0 Å². The van der Waals surface area contributed by atoms with Gasteiger partial charge in [-0.3, -0.25) is 9.59 Å². The summed E-state index contributed by atoms with van der Waals surface area (Å²) in [6, 6.07) is 16.1. The van der Waals surface area contributed by atoms with E-state index in [9.17, 15) is 9.59 Å². The Labute approximate surface area is 147 Å². The Bertz CT molecular complexity index is 752. The maximum absolute atomic E-state index is 13.0. The molecule has 5 heteroatoms. The predicted octanol–water partition coefficient (Wildman–Crippen LogP) is 2.33. The molecule has 1 saturated carbocycles. The van der Waals surface area contributed by atoms with E-state index in [-0.39, 0.29) is 11.8 Å². The number of hydrogen-bond acceptors (Lipinski definition) is 3. The molecule has 2 amide bonds. The topological polar surface area (TPSA) is 67.4 Å². The van der Waals surface area contributed by atoms with Gasteiger partial charge in [0, 0.05) is 7.05 Å². The van der Waals surface area contributed by atoms with Crippen LogP contribution in [0.3, 0.4) is 0 Å². The second kappa shape index (κ2) is 6.97. The molecule has 0 radical (unpaired) electrons. The van der Waals surface area contributed by atoms with Crippen molar-refractivity contribution < 1.29 is 14.3 Å². The minimum absolute atomic E-state index is 0.116. The molecule has 2 aromatic carbocycles. The van der Waals surface area contributed by atoms with Crippen LogP contribution in [0.25, 0.3) is 0 Å². The van der Waals surface area contributed by atoms with Gasteiger partial charge in [0.15, 0.2) is 0 Å². The third kappa shape index (κ3) is 3.36. The first-order valence-electron chi connectivity index (χ1n) is 8.33. The molecule has 130 valence electrons. The van der Waals surface area contributed by atoms with E-state index < -0.39 is 11.5 Å². The van der Waals surface area contributed by atoms with Crippen LogP contribution in [-0.2, 0) is 15.0 Å². The monoisotopic (exact) mass is 338 g/mol. The Balaban J connectivity index is 1.82. The highest BCUT2D eigenvalue weighted by Crippen LogP contribution is 2.49. The molecule has 1 aliphatic rings. The van der Waals surface area contributed by atoms with Crippen molar-refractivity contribution in [3.8, 4) is 5.75 Å². The van der Waals surface area contributed by atoms with Crippen LogP contribution in [0.5, 0.6) is 5.75 Å². The molecule has 2 aromatic rings. The maximum Gasteiger partial charge on any atom is 0.246 e. The summed E-state index contributed by atoms with van der Waals surface area (Å²) in [5.41, 5.74) is 1.17. The molecule has 0 aliphatic heterocycles. The number of nitrogens with one attached hydrogen (secondary N) is 2. The lowest BCUT2D eigenvalue weighted by molar-refractivity contribution is -0.130. The molecule has 1 aliphatic carbocycles. The Hall–Kier alpha value is -2.82. The van der Waals surface area contributed by atoms with Gasteiger partial charge in [-0.25, -0.2) is 0 Å². The zero-order valence-electron chi connectivity index (χ0n) is 14.4. The van der Waals surface area contributed by atoms with Crippen LogP contribution in [0.2, 0.25) is 0 Å². The molecular formula is C20H22N2O3. The van der Waals surface area contributed by atoms with E-state index in [0.29, 0.717) is 0 Å². The summed E-state index contributed by atoms with van der Waals surface area (Å²) in [5, 5.41) is 5.56. The van der Waals surface area contributed by atoms with E-state index >= 15 is 0 Å². The zero-order valence-corrected chi connectivity index (χ0v) is 14.4. The number of benzene rings is 2. The van der Waals surface area contributed by atoms with Crippen molar-refractivity contribution in [2.45, 2.75) is 24.3 Å². The second-order valence-electron chi connectivity index (χ2n) is 6.24. The van der Waals surface area contributed by atoms with Gasteiger partial charge in [0.25, 0.3) is 0 Å². The molecule has 1 atom stereocenters. The van der Waals surface area contributed by atoms with E-state index in [2.05, 4.69) is 10.6 Å². The number of likely N-dealkylation sites (N-methyl/N-ethyl adjacent to an activating group) is 1. The van der Waals surface area contributed by atoms with Gasteiger partial charge >= 0.3 is 0 Å². The third-order valence-corrected chi connectivity index (χ3v) is 4.74. The van der Waals surface area contributed by atoms with Crippen LogP contribution >= 0.6 is 0 Å². The standard InChI is InChI=1S/C20H22N2O3/c1-21-18(23)17(14-6-4-3-5-7-14)22-19(24)20(12-13-20)15-8-10-16(25-2)11-9-15/h3-11,17H,12-13H2,1-2H3,(H,21,23)(H,22,24)/t17-/m1/s1. The molecule has 25 heavy (non-hydrogen) atoms. The summed E-state index contributed by atoms with van der Waals surface area (Å²) in [6.07, 6.45) is 1.56. The summed E-state index contributed by atoms with van der Waals surface area (Å²) in [4.78, 5) is 25.2. The van der Waals surface area contributed by atoms with Crippen LogP contribution in [0.15, 0.2) is 54.6 Å². The molecule has 3 rings (SSSR count). The third-order valence-electron chi connectivity index (χ3n) is 4.74. The first-order chi connectivity index (χ1) is 12.1. The fraction of sp³-hybridized carbons (Fsp3) is 0.300. The average molecular weight is 338 g/mol. The maximum atomic E-state index is 13.0. The van der Waals surface area contributed by atoms with E-state index in [0.717, 1.165) is 29.7 Å². The number of ether oxygens (including phenoxy) is 1. The number of amides is 2. The SMILES string of the molecule is CNC(=O)[C@H](NC(=O)C1(c2ccc(OC)cc2)CC1)c1ccccc1. The Morgan fingerprint density at radius 2 is 1.68 bits per heavy atom. The fourth-order valence-corrected chi connectivity index (χ4v) is 3.04. The fourth-order valence-electron chi connectivity index (χ4n) is 3.04. The second-order valence-corrected chi connectivity index (χ2v) is 6.24. The first-order valence-corrected chi connectivity index (χ1v) is 8.33. The van der Waals surface area contributed by atoms with Gasteiger partial charge in [-0.15, -0.1) is 0 Å². The smallest absolute Gasteiger partial charge is 0.246 e. The summed E-state index contributed by atoms with van der Waals surface area (Å²) in [5.74, 6) is 0.410. The van der Waals surface area contributed by atoms with Crippen LogP contribution in [0.4, 0.5) is 0 Å².